The molecule has 1 aromatic heterocycles. The standard InChI is InChI=1S/C34H37F2N5O5/c1-21(42)37-13-14-39-17-24-9-5-6-10-28(24)41-29(39)19-40-18-26(33(44)38-16-23-11-12-25(35)15-27(23)36)31(43)32(30(40)34(41)45)46-20-22-7-3-2-4-8-22/h2-4,7-8,11-12,15,18,24,28-29H,5-6,9-10,13-14,16-17,19-20H2,1H3,(H,37,42)(H,38,44). The van der Waals surface area contributed by atoms with Gasteiger partial charge in [0.1, 0.15) is 30.0 Å². The van der Waals surface area contributed by atoms with E-state index in [1.54, 1.807) is 4.57 Å². The Morgan fingerprint density at radius 1 is 1.00 bits per heavy atom. The predicted molar refractivity (Wildman–Crippen MR) is 165 cm³/mol. The molecule has 2 aliphatic heterocycles. The third-order valence-electron chi connectivity index (χ3n) is 9.17. The Bertz CT molecular complexity index is 1700. The SMILES string of the molecule is CC(=O)NCCN1CC2CCCCC2N2C(=O)c3c(OCc4ccccc4)c(=O)c(C(=O)NCc4ccc(F)cc4F)cn3CC12. The van der Waals surface area contributed by atoms with Crippen LogP contribution in [-0.4, -0.2) is 63.9 Å². The van der Waals surface area contributed by atoms with Gasteiger partial charge < -0.3 is 24.8 Å². The van der Waals surface area contributed by atoms with E-state index in [1.165, 1.54) is 19.2 Å². The maximum atomic E-state index is 14.5. The molecular weight excluding hydrogens is 596 g/mol. The van der Waals surface area contributed by atoms with Crippen LogP contribution in [0.4, 0.5) is 8.78 Å². The molecule has 3 amide bonds. The van der Waals surface area contributed by atoms with E-state index in [0.717, 1.165) is 49.9 Å². The summed E-state index contributed by atoms with van der Waals surface area (Å²) >= 11 is 0. The monoisotopic (exact) mass is 633 g/mol. The number of hydrogen-bond donors (Lipinski definition) is 2. The smallest absolute Gasteiger partial charge is 0.276 e. The summed E-state index contributed by atoms with van der Waals surface area (Å²) in [4.78, 5) is 57.6. The van der Waals surface area contributed by atoms with Crippen molar-refractivity contribution >= 4 is 17.7 Å². The number of hydrogen-bond acceptors (Lipinski definition) is 6. The summed E-state index contributed by atoms with van der Waals surface area (Å²) in [7, 11) is 0. The number of ether oxygens (including phenoxy) is 1. The molecule has 1 saturated heterocycles. The van der Waals surface area contributed by atoms with Crippen LogP contribution in [0.5, 0.6) is 5.75 Å². The minimum atomic E-state index is -0.822. The van der Waals surface area contributed by atoms with Crippen molar-refractivity contribution in [1.82, 2.24) is 25.0 Å². The number of amides is 3. The van der Waals surface area contributed by atoms with E-state index in [0.29, 0.717) is 13.1 Å². The van der Waals surface area contributed by atoms with Crippen molar-refractivity contribution in [3.63, 3.8) is 0 Å². The largest absolute Gasteiger partial charge is 0.483 e. The Morgan fingerprint density at radius 3 is 2.54 bits per heavy atom. The van der Waals surface area contributed by atoms with Gasteiger partial charge in [-0.3, -0.25) is 24.1 Å². The molecule has 6 rings (SSSR count). The number of rotatable bonds is 9. The molecule has 0 bridgehead atoms. The quantitative estimate of drug-likeness (QED) is 0.374. The summed E-state index contributed by atoms with van der Waals surface area (Å²) in [5.74, 6) is -2.76. The van der Waals surface area contributed by atoms with Crippen LogP contribution >= 0.6 is 0 Å². The highest BCUT2D eigenvalue weighted by atomic mass is 19.1. The van der Waals surface area contributed by atoms with E-state index in [2.05, 4.69) is 15.5 Å². The van der Waals surface area contributed by atoms with Crippen molar-refractivity contribution in [2.75, 3.05) is 19.6 Å². The molecule has 46 heavy (non-hydrogen) atoms. The highest BCUT2D eigenvalue weighted by Crippen LogP contribution is 2.39. The fraction of sp³-hybridized carbons (Fsp3) is 0.412. The number of aromatic nitrogens is 1. The van der Waals surface area contributed by atoms with Gasteiger partial charge in [0, 0.05) is 57.0 Å². The fourth-order valence-corrected chi connectivity index (χ4v) is 6.95. The maximum absolute atomic E-state index is 14.5. The van der Waals surface area contributed by atoms with E-state index in [1.807, 2.05) is 35.2 Å². The first-order valence-electron chi connectivity index (χ1n) is 15.7. The second-order valence-corrected chi connectivity index (χ2v) is 12.2. The van der Waals surface area contributed by atoms with Gasteiger partial charge in [0.15, 0.2) is 11.4 Å². The van der Waals surface area contributed by atoms with Gasteiger partial charge in [-0.05, 0) is 30.4 Å². The predicted octanol–water partition coefficient (Wildman–Crippen LogP) is 3.43. The summed E-state index contributed by atoms with van der Waals surface area (Å²) in [5, 5.41) is 5.41. The van der Waals surface area contributed by atoms with E-state index in [9.17, 15) is 28.0 Å². The average molecular weight is 634 g/mol. The first-order chi connectivity index (χ1) is 22.2. The van der Waals surface area contributed by atoms with Gasteiger partial charge in [-0.1, -0.05) is 49.2 Å². The van der Waals surface area contributed by atoms with E-state index in [-0.39, 0.29) is 72.2 Å². The Labute approximate surface area is 265 Å². The number of nitrogens with one attached hydrogen (secondary N) is 2. The fourth-order valence-electron chi connectivity index (χ4n) is 6.95. The lowest BCUT2D eigenvalue weighted by Crippen LogP contribution is -2.68. The van der Waals surface area contributed by atoms with Gasteiger partial charge >= 0.3 is 0 Å². The Hall–Kier alpha value is -4.58. The Balaban J connectivity index is 1.37. The molecule has 2 N–H and O–H groups in total. The van der Waals surface area contributed by atoms with Crippen LogP contribution in [0.15, 0.2) is 59.5 Å². The topological polar surface area (TPSA) is 113 Å². The molecule has 3 unspecified atom stereocenters. The second kappa shape index (κ2) is 13.4. The zero-order chi connectivity index (χ0) is 32.4. The molecule has 12 heteroatoms. The molecule has 2 fully saturated rings. The van der Waals surface area contributed by atoms with Gasteiger partial charge in [0.2, 0.25) is 11.3 Å². The van der Waals surface area contributed by atoms with Crippen molar-refractivity contribution in [1.29, 1.82) is 0 Å². The number of benzene rings is 2. The highest BCUT2D eigenvalue weighted by molar-refractivity contribution is 5.99. The zero-order valence-corrected chi connectivity index (χ0v) is 25.6. The number of carbonyl (C=O) groups excluding carboxylic acids is 3. The highest BCUT2D eigenvalue weighted by Gasteiger charge is 2.49. The minimum absolute atomic E-state index is 0.000542. The summed E-state index contributed by atoms with van der Waals surface area (Å²) in [6.07, 6.45) is 4.93. The molecule has 3 aromatic rings. The van der Waals surface area contributed by atoms with Crippen molar-refractivity contribution in [2.45, 2.75) is 64.5 Å². The maximum Gasteiger partial charge on any atom is 0.276 e. The number of pyridine rings is 1. The molecular formula is C34H37F2N5O5. The first kappa shape index (κ1) is 31.4. The molecule has 1 saturated carbocycles. The van der Waals surface area contributed by atoms with E-state index < -0.39 is 23.0 Å². The van der Waals surface area contributed by atoms with Gasteiger partial charge in [0.05, 0.1) is 6.54 Å². The lowest BCUT2D eigenvalue weighted by atomic mass is 9.80. The van der Waals surface area contributed by atoms with Crippen LogP contribution in [0.1, 0.15) is 64.6 Å². The molecule has 0 spiro atoms. The summed E-state index contributed by atoms with van der Waals surface area (Å²) in [5.41, 5.74) is -0.0834. The molecule has 242 valence electrons. The third-order valence-corrected chi connectivity index (χ3v) is 9.17. The second-order valence-electron chi connectivity index (χ2n) is 12.2. The number of fused-ring (bicyclic) bond motifs is 4. The summed E-state index contributed by atoms with van der Waals surface area (Å²) in [6.45, 7) is 3.18. The van der Waals surface area contributed by atoms with Crippen LogP contribution in [-0.2, 0) is 24.5 Å². The van der Waals surface area contributed by atoms with E-state index >= 15 is 0 Å². The molecule has 3 heterocycles. The first-order valence-corrected chi connectivity index (χ1v) is 15.7. The van der Waals surface area contributed by atoms with Crippen LogP contribution in [0.2, 0.25) is 0 Å². The number of carbonyl (C=O) groups is 3. The normalized spacial score (nSPS) is 20.7. The van der Waals surface area contributed by atoms with Crippen molar-refractivity contribution in [3.05, 3.63) is 99.0 Å². The molecule has 0 radical (unpaired) electrons. The van der Waals surface area contributed by atoms with Gasteiger partial charge in [0.25, 0.3) is 11.8 Å². The van der Waals surface area contributed by atoms with Crippen LogP contribution in [0.3, 0.4) is 0 Å². The van der Waals surface area contributed by atoms with Crippen LogP contribution in [0.25, 0.3) is 0 Å². The van der Waals surface area contributed by atoms with Crippen molar-refractivity contribution in [2.24, 2.45) is 5.92 Å². The molecule has 3 aliphatic rings. The molecule has 10 nitrogen and oxygen atoms in total. The van der Waals surface area contributed by atoms with E-state index in [4.69, 9.17) is 4.74 Å². The molecule has 1 aliphatic carbocycles. The molecule has 3 atom stereocenters. The third kappa shape index (κ3) is 6.39. The lowest BCUT2D eigenvalue weighted by molar-refractivity contribution is -0.119. The summed E-state index contributed by atoms with van der Waals surface area (Å²) < 4.78 is 35.4. The minimum Gasteiger partial charge on any atom is -0.483 e. The molecule has 2 aromatic carbocycles. The number of nitrogens with zero attached hydrogens (tertiary/aromatic N) is 3. The Morgan fingerprint density at radius 2 is 1.78 bits per heavy atom. The average Bonchev–Trinajstić information content (AvgIpc) is 3.04. The van der Waals surface area contributed by atoms with Crippen molar-refractivity contribution in [3.8, 4) is 5.75 Å². The lowest BCUT2D eigenvalue weighted by Gasteiger charge is -2.55. The number of halogens is 2. The van der Waals surface area contributed by atoms with Gasteiger partial charge in [-0.2, -0.15) is 0 Å². The zero-order valence-electron chi connectivity index (χ0n) is 25.6. The van der Waals surface area contributed by atoms with Crippen molar-refractivity contribution < 1.29 is 27.9 Å². The van der Waals surface area contributed by atoms with Crippen LogP contribution < -0.4 is 20.8 Å². The van der Waals surface area contributed by atoms with Gasteiger partial charge in [-0.25, -0.2) is 8.78 Å². The van der Waals surface area contributed by atoms with Gasteiger partial charge in [-0.15, -0.1) is 0 Å². The Kier molecular flexibility index (Phi) is 9.16. The van der Waals surface area contributed by atoms with Crippen LogP contribution in [0, 0.1) is 17.6 Å². The summed E-state index contributed by atoms with van der Waals surface area (Å²) in [6, 6.07) is 12.2.